The van der Waals surface area contributed by atoms with Crippen LogP contribution in [0, 0.1) is 0 Å². The maximum absolute atomic E-state index is 12.1. The van der Waals surface area contributed by atoms with Gasteiger partial charge in [-0.15, -0.1) is 0 Å². The predicted molar refractivity (Wildman–Crippen MR) is 71.1 cm³/mol. The van der Waals surface area contributed by atoms with Gasteiger partial charge in [-0.3, -0.25) is 4.21 Å². The van der Waals surface area contributed by atoms with E-state index in [9.17, 15) is 9.32 Å². The van der Waals surface area contributed by atoms with Gasteiger partial charge in [0.05, 0.1) is 10.8 Å². The Kier molecular flexibility index (Phi) is 3.57. The summed E-state index contributed by atoms with van der Waals surface area (Å²) >= 11 is 0. The van der Waals surface area contributed by atoms with Crippen LogP contribution in [0.15, 0.2) is 17.0 Å². The van der Waals surface area contributed by atoms with Gasteiger partial charge in [0.2, 0.25) is 0 Å². The van der Waals surface area contributed by atoms with Crippen molar-refractivity contribution in [3.8, 4) is 5.75 Å². The van der Waals surface area contributed by atoms with Crippen LogP contribution < -0.4 is 0 Å². The molecule has 1 aliphatic heterocycles. The van der Waals surface area contributed by atoms with E-state index in [1.165, 1.54) is 11.1 Å². The van der Waals surface area contributed by atoms with E-state index in [4.69, 9.17) is 0 Å². The SMILES string of the molecule is CCC1CCS(=O)c2cc(O)cc(C(C)C)c21. The van der Waals surface area contributed by atoms with E-state index >= 15 is 0 Å². The van der Waals surface area contributed by atoms with Gasteiger partial charge in [0.25, 0.3) is 0 Å². The third kappa shape index (κ3) is 2.25. The second-order valence-electron chi connectivity index (χ2n) is 5.05. The standard InChI is InChI=1S/C14H20O2S/c1-4-10-5-6-17(16)13-8-11(15)7-12(9(2)3)14(10)13/h7-10,15H,4-6H2,1-3H3. The summed E-state index contributed by atoms with van der Waals surface area (Å²) in [5, 5.41) is 9.76. The Hall–Kier alpha value is -0.830. The summed E-state index contributed by atoms with van der Waals surface area (Å²) in [6, 6.07) is 3.54. The fraction of sp³-hybridized carbons (Fsp3) is 0.571. The fourth-order valence-corrected chi connectivity index (χ4v) is 4.15. The first-order chi connectivity index (χ1) is 8.04. The van der Waals surface area contributed by atoms with Crippen molar-refractivity contribution < 1.29 is 9.32 Å². The van der Waals surface area contributed by atoms with Gasteiger partial charge in [-0.25, -0.2) is 0 Å². The summed E-state index contributed by atoms with van der Waals surface area (Å²) in [6.45, 7) is 6.43. The number of phenolic OH excluding ortho intramolecular Hbond substituents is 1. The molecular formula is C14H20O2S. The Labute approximate surface area is 106 Å². The molecule has 3 heteroatoms. The molecule has 2 rings (SSSR count). The highest BCUT2D eigenvalue weighted by Gasteiger charge is 2.27. The van der Waals surface area contributed by atoms with Crippen LogP contribution in [0.25, 0.3) is 0 Å². The van der Waals surface area contributed by atoms with E-state index in [1.54, 1.807) is 6.07 Å². The van der Waals surface area contributed by atoms with Crippen molar-refractivity contribution in [3.63, 3.8) is 0 Å². The molecule has 0 fully saturated rings. The summed E-state index contributed by atoms with van der Waals surface area (Å²) in [6.07, 6.45) is 2.08. The number of phenols is 1. The smallest absolute Gasteiger partial charge is 0.117 e. The average Bonchev–Trinajstić information content (AvgIpc) is 2.29. The number of aromatic hydroxyl groups is 1. The zero-order valence-corrected chi connectivity index (χ0v) is 11.5. The minimum absolute atomic E-state index is 0.248. The van der Waals surface area contributed by atoms with Gasteiger partial charge < -0.3 is 5.11 Å². The second-order valence-corrected chi connectivity index (χ2v) is 6.58. The van der Waals surface area contributed by atoms with E-state index in [0.29, 0.717) is 11.8 Å². The van der Waals surface area contributed by atoms with E-state index in [0.717, 1.165) is 23.5 Å². The van der Waals surface area contributed by atoms with Crippen LogP contribution in [0.1, 0.15) is 56.6 Å². The molecule has 94 valence electrons. The molecule has 2 nitrogen and oxygen atoms in total. The molecule has 0 saturated carbocycles. The monoisotopic (exact) mass is 252 g/mol. The van der Waals surface area contributed by atoms with Crippen LogP contribution in [0.4, 0.5) is 0 Å². The molecule has 0 radical (unpaired) electrons. The number of rotatable bonds is 2. The summed E-state index contributed by atoms with van der Waals surface area (Å²) in [4.78, 5) is 0.867. The molecule has 0 saturated heterocycles. The fourth-order valence-electron chi connectivity index (χ4n) is 2.65. The highest BCUT2D eigenvalue weighted by Crippen LogP contribution is 2.40. The lowest BCUT2D eigenvalue weighted by atomic mass is 9.85. The van der Waals surface area contributed by atoms with Gasteiger partial charge in [0, 0.05) is 10.6 Å². The van der Waals surface area contributed by atoms with Crippen LogP contribution in [0.2, 0.25) is 0 Å². The van der Waals surface area contributed by atoms with E-state index < -0.39 is 10.8 Å². The van der Waals surface area contributed by atoms with Crippen LogP contribution in [-0.4, -0.2) is 15.1 Å². The first-order valence-corrected chi connectivity index (χ1v) is 7.61. The summed E-state index contributed by atoms with van der Waals surface area (Å²) < 4.78 is 12.1. The molecule has 0 aromatic heterocycles. The minimum Gasteiger partial charge on any atom is -0.508 e. The number of hydrogen-bond donors (Lipinski definition) is 1. The number of fused-ring (bicyclic) bond motifs is 1. The normalized spacial score (nSPS) is 23.8. The molecule has 0 aliphatic carbocycles. The van der Waals surface area contributed by atoms with Crippen molar-refractivity contribution >= 4 is 10.8 Å². The Bertz CT molecular complexity index is 452. The molecule has 17 heavy (non-hydrogen) atoms. The van der Waals surface area contributed by atoms with Crippen molar-refractivity contribution in [2.45, 2.75) is 50.3 Å². The maximum atomic E-state index is 12.1. The molecule has 0 spiro atoms. The third-order valence-electron chi connectivity index (χ3n) is 3.58. The van der Waals surface area contributed by atoms with Crippen LogP contribution in [0.3, 0.4) is 0 Å². The summed E-state index contributed by atoms with van der Waals surface area (Å²) in [5.74, 6) is 1.84. The van der Waals surface area contributed by atoms with Gasteiger partial charge in [-0.05, 0) is 47.9 Å². The average molecular weight is 252 g/mol. The lowest BCUT2D eigenvalue weighted by Gasteiger charge is -2.28. The van der Waals surface area contributed by atoms with Gasteiger partial charge in [0.15, 0.2) is 0 Å². The molecule has 1 aromatic carbocycles. The predicted octanol–water partition coefficient (Wildman–Crippen LogP) is 3.52. The van der Waals surface area contributed by atoms with Crippen molar-refractivity contribution in [3.05, 3.63) is 23.3 Å². The molecule has 2 unspecified atom stereocenters. The van der Waals surface area contributed by atoms with Crippen LogP contribution in [0.5, 0.6) is 5.75 Å². The molecule has 2 atom stereocenters. The van der Waals surface area contributed by atoms with Crippen molar-refractivity contribution in [1.82, 2.24) is 0 Å². The largest absolute Gasteiger partial charge is 0.508 e. The highest BCUT2D eigenvalue weighted by molar-refractivity contribution is 7.85. The summed E-state index contributed by atoms with van der Waals surface area (Å²) in [7, 11) is -0.935. The number of hydrogen-bond acceptors (Lipinski definition) is 2. The Morgan fingerprint density at radius 2 is 2.18 bits per heavy atom. The molecule has 1 aromatic rings. The van der Waals surface area contributed by atoms with Crippen LogP contribution >= 0.6 is 0 Å². The van der Waals surface area contributed by atoms with Gasteiger partial charge in [-0.2, -0.15) is 0 Å². The van der Waals surface area contributed by atoms with Gasteiger partial charge in [-0.1, -0.05) is 20.8 Å². The molecule has 0 bridgehead atoms. The highest BCUT2D eigenvalue weighted by atomic mass is 32.2. The Morgan fingerprint density at radius 1 is 1.47 bits per heavy atom. The molecule has 1 N–H and O–H groups in total. The minimum atomic E-state index is -0.935. The topological polar surface area (TPSA) is 37.3 Å². The van der Waals surface area contributed by atoms with E-state index in [1.807, 2.05) is 6.07 Å². The van der Waals surface area contributed by atoms with Crippen molar-refractivity contribution in [2.24, 2.45) is 0 Å². The zero-order valence-electron chi connectivity index (χ0n) is 10.7. The molecule has 0 amide bonds. The van der Waals surface area contributed by atoms with Crippen molar-refractivity contribution in [2.75, 3.05) is 5.75 Å². The second kappa shape index (κ2) is 4.81. The third-order valence-corrected chi connectivity index (χ3v) is 5.01. The number of benzene rings is 1. The lowest BCUT2D eigenvalue weighted by molar-refractivity contribution is 0.469. The van der Waals surface area contributed by atoms with Gasteiger partial charge in [0.1, 0.15) is 5.75 Å². The maximum Gasteiger partial charge on any atom is 0.117 e. The van der Waals surface area contributed by atoms with Gasteiger partial charge >= 0.3 is 0 Å². The Balaban J connectivity index is 2.66. The quantitative estimate of drug-likeness (QED) is 0.874. The lowest BCUT2D eigenvalue weighted by Crippen LogP contribution is -2.17. The first-order valence-electron chi connectivity index (χ1n) is 6.29. The zero-order chi connectivity index (χ0) is 12.6. The molecular weight excluding hydrogens is 232 g/mol. The summed E-state index contributed by atoms with van der Waals surface area (Å²) in [5.41, 5.74) is 2.41. The Morgan fingerprint density at radius 3 is 2.76 bits per heavy atom. The van der Waals surface area contributed by atoms with Crippen LogP contribution in [-0.2, 0) is 10.8 Å². The molecule has 1 heterocycles. The first kappa shape index (κ1) is 12.6. The van der Waals surface area contributed by atoms with E-state index in [2.05, 4.69) is 20.8 Å². The van der Waals surface area contributed by atoms with E-state index in [-0.39, 0.29) is 5.75 Å². The van der Waals surface area contributed by atoms with Crippen molar-refractivity contribution in [1.29, 1.82) is 0 Å². The molecule has 1 aliphatic rings.